The van der Waals surface area contributed by atoms with E-state index in [0.717, 1.165) is 27.9 Å². The van der Waals surface area contributed by atoms with E-state index in [1.54, 1.807) is 0 Å². The first kappa shape index (κ1) is 13.1. The van der Waals surface area contributed by atoms with Crippen molar-refractivity contribution < 1.29 is 0 Å². The van der Waals surface area contributed by atoms with E-state index in [-0.39, 0.29) is 5.95 Å². The van der Waals surface area contributed by atoms with Crippen molar-refractivity contribution in [1.82, 2.24) is 9.97 Å². The SMILES string of the molecule is CC(=Nc1ccc2nc(N)nc(N)c2c1)c1ccccc1. The van der Waals surface area contributed by atoms with Gasteiger partial charge in [-0.15, -0.1) is 0 Å². The highest BCUT2D eigenvalue weighted by Crippen LogP contribution is 2.24. The first-order valence-corrected chi connectivity index (χ1v) is 6.57. The van der Waals surface area contributed by atoms with Gasteiger partial charge in [0.2, 0.25) is 5.95 Å². The molecule has 3 rings (SSSR count). The van der Waals surface area contributed by atoms with Gasteiger partial charge in [-0.25, -0.2) is 4.98 Å². The number of nitrogens with two attached hydrogens (primary N) is 2. The number of aromatic nitrogens is 2. The molecule has 0 aliphatic heterocycles. The van der Waals surface area contributed by atoms with E-state index in [2.05, 4.69) is 15.0 Å². The number of fused-ring (bicyclic) bond motifs is 1. The van der Waals surface area contributed by atoms with E-state index >= 15 is 0 Å². The molecular weight excluding hydrogens is 262 g/mol. The van der Waals surface area contributed by atoms with Gasteiger partial charge in [0.05, 0.1) is 11.2 Å². The number of aliphatic imine (C=N–C) groups is 1. The van der Waals surface area contributed by atoms with Gasteiger partial charge >= 0.3 is 0 Å². The van der Waals surface area contributed by atoms with E-state index in [9.17, 15) is 0 Å². The molecule has 0 bridgehead atoms. The van der Waals surface area contributed by atoms with Crippen LogP contribution in [-0.4, -0.2) is 15.7 Å². The monoisotopic (exact) mass is 277 g/mol. The Kier molecular flexibility index (Phi) is 3.23. The number of rotatable bonds is 2. The van der Waals surface area contributed by atoms with Crippen LogP contribution >= 0.6 is 0 Å². The molecule has 0 saturated carbocycles. The summed E-state index contributed by atoms with van der Waals surface area (Å²) in [6.07, 6.45) is 0. The Morgan fingerprint density at radius 1 is 1.00 bits per heavy atom. The van der Waals surface area contributed by atoms with Crippen LogP contribution in [0, 0.1) is 0 Å². The zero-order chi connectivity index (χ0) is 14.8. The predicted octanol–water partition coefficient (Wildman–Crippen LogP) is 2.93. The maximum atomic E-state index is 5.89. The van der Waals surface area contributed by atoms with Gasteiger partial charge in [-0.1, -0.05) is 30.3 Å². The minimum Gasteiger partial charge on any atom is -0.383 e. The molecule has 0 atom stereocenters. The maximum Gasteiger partial charge on any atom is 0.222 e. The summed E-state index contributed by atoms with van der Waals surface area (Å²) < 4.78 is 0. The largest absolute Gasteiger partial charge is 0.383 e. The van der Waals surface area contributed by atoms with E-state index < -0.39 is 0 Å². The molecule has 2 aromatic carbocycles. The van der Waals surface area contributed by atoms with Crippen LogP contribution in [0.1, 0.15) is 12.5 Å². The molecule has 0 saturated heterocycles. The molecule has 5 heteroatoms. The topological polar surface area (TPSA) is 90.2 Å². The van der Waals surface area contributed by atoms with Crippen molar-refractivity contribution in [3.05, 3.63) is 54.1 Å². The van der Waals surface area contributed by atoms with E-state index in [0.29, 0.717) is 5.82 Å². The molecule has 0 radical (unpaired) electrons. The van der Waals surface area contributed by atoms with Crippen LogP contribution in [0.15, 0.2) is 53.5 Å². The highest BCUT2D eigenvalue weighted by Gasteiger charge is 2.04. The molecule has 104 valence electrons. The van der Waals surface area contributed by atoms with E-state index in [4.69, 9.17) is 11.5 Å². The van der Waals surface area contributed by atoms with Gasteiger partial charge in [-0.2, -0.15) is 4.98 Å². The fraction of sp³-hybridized carbons (Fsp3) is 0.0625. The van der Waals surface area contributed by atoms with E-state index in [1.165, 1.54) is 0 Å². The summed E-state index contributed by atoms with van der Waals surface area (Å²) in [5.74, 6) is 0.545. The Morgan fingerprint density at radius 3 is 2.52 bits per heavy atom. The Morgan fingerprint density at radius 2 is 1.76 bits per heavy atom. The van der Waals surface area contributed by atoms with E-state index in [1.807, 2.05) is 55.5 Å². The molecule has 3 aromatic rings. The molecule has 0 spiro atoms. The highest BCUT2D eigenvalue weighted by molar-refractivity contribution is 6.01. The molecule has 5 nitrogen and oxygen atoms in total. The van der Waals surface area contributed by atoms with Crippen LogP contribution in [0.25, 0.3) is 10.9 Å². The number of benzene rings is 2. The van der Waals surface area contributed by atoms with Crippen molar-refractivity contribution in [2.75, 3.05) is 11.5 Å². The summed E-state index contributed by atoms with van der Waals surface area (Å²) in [4.78, 5) is 12.7. The number of hydrogen-bond donors (Lipinski definition) is 2. The fourth-order valence-corrected chi connectivity index (χ4v) is 2.17. The number of nitrogens with zero attached hydrogens (tertiary/aromatic N) is 3. The lowest BCUT2D eigenvalue weighted by molar-refractivity contribution is 1.24. The minimum atomic E-state index is 0.178. The lowest BCUT2D eigenvalue weighted by atomic mass is 10.1. The third-order valence-corrected chi connectivity index (χ3v) is 3.21. The Hall–Kier alpha value is -2.95. The van der Waals surface area contributed by atoms with Crippen LogP contribution in [0.3, 0.4) is 0 Å². The highest BCUT2D eigenvalue weighted by atomic mass is 15.0. The van der Waals surface area contributed by atoms with Gasteiger partial charge in [0.15, 0.2) is 0 Å². The molecule has 21 heavy (non-hydrogen) atoms. The zero-order valence-corrected chi connectivity index (χ0v) is 11.6. The summed E-state index contributed by atoms with van der Waals surface area (Å²) in [6.45, 7) is 1.97. The Bertz CT molecular complexity index is 825. The lowest BCUT2D eigenvalue weighted by Gasteiger charge is -2.05. The van der Waals surface area contributed by atoms with Crippen LogP contribution in [0.4, 0.5) is 17.5 Å². The molecule has 0 amide bonds. The van der Waals surface area contributed by atoms with Gasteiger partial charge in [-0.05, 0) is 30.7 Å². The molecular formula is C16H15N5. The Labute approximate surface area is 122 Å². The van der Waals surface area contributed by atoms with Crippen molar-refractivity contribution >= 4 is 34.1 Å². The number of anilines is 2. The van der Waals surface area contributed by atoms with Crippen molar-refractivity contribution in [2.24, 2.45) is 4.99 Å². The maximum absolute atomic E-state index is 5.89. The van der Waals surface area contributed by atoms with Crippen molar-refractivity contribution in [1.29, 1.82) is 0 Å². The normalized spacial score (nSPS) is 11.8. The molecule has 4 N–H and O–H groups in total. The second-order valence-corrected chi connectivity index (χ2v) is 4.73. The summed E-state index contributed by atoms with van der Waals surface area (Å²) in [7, 11) is 0. The number of nitrogen functional groups attached to an aromatic ring is 2. The lowest BCUT2D eigenvalue weighted by Crippen LogP contribution is -2.00. The smallest absolute Gasteiger partial charge is 0.222 e. The van der Waals surface area contributed by atoms with Crippen molar-refractivity contribution in [2.45, 2.75) is 6.92 Å². The molecule has 0 aliphatic carbocycles. The molecule has 0 fully saturated rings. The first-order valence-electron chi connectivity index (χ1n) is 6.57. The summed E-state index contributed by atoms with van der Waals surface area (Å²) in [5, 5.41) is 0.756. The Balaban J connectivity index is 2.06. The van der Waals surface area contributed by atoms with Crippen LogP contribution in [0.5, 0.6) is 0 Å². The average molecular weight is 277 g/mol. The molecule has 0 unspecified atom stereocenters. The van der Waals surface area contributed by atoms with Gasteiger partial charge < -0.3 is 11.5 Å². The van der Waals surface area contributed by atoms with Crippen molar-refractivity contribution in [3.63, 3.8) is 0 Å². The summed E-state index contributed by atoms with van der Waals surface area (Å²) in [6, 6.07) is 15.6. The van der Waals surface area contributed by atoms with Crippen LogP contribution < -0.4 is 11.5 Å². The van der Waals surface area contributed by atoms with Crippen LogP contribution in [-0.2, 0) is 0 Å². The molecule has 1 heterocycles. The minimum absolute atomic E-state index is 0.178. The quantitative estimate of drug-likeness (QED) is 0.705. The molecule has 0 aliphatic rings. The summed E-state index contributed by atoms with van der Waals surface area (Å²) >= 11 is 0. The second-order valence-electron chi connectivity index (χ2n) is 4.73. The van der Waals surface area contributed by atoms with Crippen molar-refractivity contribution in [3.8, 4) is 0 Å². The predicted molar refractivity (Wildman–Crippen MR) is 86.7 cm³/mol. The fourth-order valence-electron chi connectivity index (χ4n) is 2.17. The van der Waals surface area contributed by atoms with Gasteiger partial charge in [-0.3, -0.25) is 4.99 Å². The first-order chi connectivity index (χ1) is 10.1. The molecule has 1 aromatic heterocycles. The van der Waals surface area contributed by atoms with Gasteiger partial charge in [0.1, 0.15) is 5.82 Å². The van der Waals surface area contributed by atoms with Gasteiger partial charge in [0.25, 0.3) is 0 Å². The summed E-state index contributed by atoms with van der Waals surface area (Å²) in [5.41, 5.74) is 15.0. The third kappa shape index (κ3) is 2.67. The second kappa shape index (κ2) is 5.20. The standard InChI is InChI=1S/C16H15N5/c1-10(11-5-3-2-4-6-11)19-12-7-8-14-13(9-12)15(17)21-16(18)20-14/h2-9H,1H3,(H4,17,18,20,21). The number of hydrogen-bond acceptors (Lipinski definition) is 5. The average Bonchev–Trinajstić information content (AvgIpc) is 2.48. The zero-order valence-electron chi connectivity index (χ0n) is 11.6. The van der Waals surface area contributed by atoms with Crippen LogP contribution in [0.2, 0.25) is 0 Å². The third-order valence-electron chi connectivity index (χ3n) is 3.21. The van der Waals surface area contributed by atoms with Gasteiger partial charge in [0, 0.05) is 11.1 Å².